The molecule has 0 bridgehead atoms. The topological polar surface area (TPSA) is 112 Å². The zero-order valence-electron chi connectivity index (χ0n) is 9.32. The van der Waals surface area contributed by atoms with Crippen molar-refractivity contribution in [3.05, 3.63) is 23.2 Å². The Morgan fingerprint density at radius 3 is 2.56 bits per heavy atom. The molecule has 0 unspecified atom stereocenters. The van der Waals surface area contributed by atoms with Crippen molar-refractivity contribution in [2.75, 3.05) is 5.73 Å². The van der Waals surface area contributed by atoms with Gasteiger partial charge in [-0.3, -0.25) is 0 Å². The number of hydrogen-bond acceptors (Lipinski definition) is 7. The predicted octanol–water partition coefficient (Wildman–Crippen LogP) is 1.23. The number of sulfonamides is 1. The number of anilines is 1. The molecule has 0 saturated carbocycles. The molecule has 0 fully saturated rings. The molecule has 9 heteroatoms. The van der Waals surface area contributed by atoms with Crippen molar-refractivity contribution < 1.29 is 8.42 Å². The van der Waals surface area contributed by atoms with Crippen LogP contribution in [0.15, 0.2) is 32.3 Å². The van der Waals surface area contributed by atoms with Crippen LogP contribution in [0.2, 0.25) is 0 Å². The third-order valence-corrected chi connectivity index (χ3v) is 4.91. The lowest BCUT2D eigenvalue weighted by Gasteiger charge is -2.04. The Balaban J connectivity index is 2.31. The number of nitrogen functional groups attached to an aromatic ring is 1. The summed E-state index contributed by atoms with van der Waals surface area (Å²) < 4.78 is 23.1. The van der Waals surface area contributed by atoms with Crippen LogP contribution in [0.1, 0.15) is 5.01 Å². The highest BCUT2D eigenvalue weighted by Gasteiger charge is 2.12. The van der Waals surface area contributed by atoms with Crippen LogP contribution in [0.5, 0.6) is 0 Å². The summed E-state index contributed by atoms with van der Waals surface area (Å²) in [6, 6.07) is 4.37. The van der Waals surface area contributed by atoms with E-state index in [1.165, 1.54) is 35.2 Å². The Morgan fingerprint density at radius 2 is 2.06 bits per heavy atom. The van der Waals surface area contributed by atoms with Gasteiger partial charge in [0.25, 0.3) is 0 Å². The Bertz CT molecular complexity index is 681. The number of primary sulfonamides is 1. The average Bonchev–Trinajstić information content (AvgIpc) is 2.65. The number of hydrogen-bond donors (Lipinski definition) is 2. The van der Waals surface area contributed by atoms with E-state index in [1.54, 1.807) is 6.07 Å². The fraction of sp³-hybridized carbons (Fsp3) is 0.111. The van der Waals surface area contributed by atoms with Crippen molar-refractivity contribution in [3.8, 4) is 0 Å². The molecule has 0 aliphatic rings. The van der Waals surface area contributed by atoms with Crippen LogP contribution in [0.3, 0.4) is 0 Å². The van der Waals surface area contributed by atoms with Gasteiger partial charge in [0.05, 0.1) is 4.90 Å². The molecule has 6 nitrogen and oxygen atoms in total. The summed E-state index contributed by atoms with van der Waals surface area (Å²) >= 11 is 2.78. The van der Waals surface area contributed by atoms with E-state index in [2.05, 4.69) is 10.2 Å². The zero-order valence-corrected chi connectivity index (χ0v) is 11.8. The number of rotatable bonds is 3. The minimum atomic E-state index is -3.73. The SMILES string of the molecule is Cc1nnc(Sc2ccc(S(N)(=O)=O)cc2N)s1. The molecule has 0 spiro atoms. The Kier molecular flexibility index (Phi) is 3.57. The highest BCUT2D eigenvalue weighted by Crippen LogP contribution is 2.34. The van der Waals surface area contributed by atoms with E-state index < -0.39 is 10.0 Å². The molecule has 18 heavy (non-hydrogen) atoms. The lowest BCUT2D eigenvalue weighted by Crippen LogP contribution is -2.12. The van der Waals surface area contributed by atoms with Gasteiger partial charge < -0.3 is 5.73 Å². The lowest BCUT2D eigenvalue weighted by atomic mass is 10.3. The largest absolute Gasteiger partial charge is 0.398 e. The predicted molar refractivity (Wildman–Crippen MR) is 71.0 cm³/mol. The van der Waals surface area contributed by atoms with E-state index in [1.807, 2.05) is 6.92 Å². The van der Waals surface area contributed by atoms with Gasteiger partial charge >= 0.3 is 0 Å². The number of aromatic nitrogens is 2. The monoisotopic (exact) mass is 302 g/mol. The summed E-state index contributed by atoms with van der Waals surface area (Å²) in [5.41, 5.74) is 6.13. The molecule has 1 aromatic heterocycles. The van der Waals surface area contributed by atoms with Crippen LogP contribution < -0.4 is 10.9 Å². The van der Waals surface area contributed by atoms with E-state index in [4.69, 9.17) is 10.9 Å². The summed E-state index contributed by atoms with van der Waals surface area (Å²) in [7, 11) is -3.73. The second kappa shape index (κ2) is 4.84. The number of nitrogens with zero attached hydrogens (tertiary/aromatic N) is 2. The maximum Gasteiger partial charge on any atom is 0.238 e. The van der Waals surface area contributed by atoms with Crippen LogP contribution in [0.25, 0.3) is 0 Å². The molecule has 0 amide bonds. The first-order chi connectivity index (χ1) is 8.36. The molecule has 2 aromatic rings. The molecule has 0 saturated heterocycles. The van der Waals surface area contributed by atoms with Crippen molar-refractivity contribution in [1.29, 1.82) is 0 Å². The molecular formula is C9H10N4O2S3. The zero-order chi connectivity index (χ0) is 13.3. The first kappa shape index (κ1) is 13.3. The Morgan fingerprint density at radius 1 is 1.33 bits per heavy atom. The summed E-state index contributed by atoms with van der Waals surface area (Å²) in [4.78, 5) is 0.719. The fourth-order valence-electron chi connectivity index (χ4n) is 1.21. The Hall–Kier alpha value is -1.16. The average molecular weight is 302 g/mol. The summed E-state index contributed by atoms with van der Waals surface area (Å²) in [6.07, 6.45) is 0. The smallest absolute Gasteiger partial charge is 0.238 e. The van der Waals surface area contributed by atoms with E-state index in [0.717, 1.165) is 14.2 Å². The number of nitrogens with two attached hydrogens (primary N) is 2. The van der Waals surface area contributed by atoms with Crippen LogP contribution in [-0.2, 0) is 10.0 Å². The fourth-order valence-corrected chi connectivity index (χ4v) is 3.56. The molecule has 96 valence electrons. The molecule has 0 aliphatic carbocycles. The van der Waals surface area contributed by atoms with E-state index >= 15 is 0 Å². The summed E-state index contributed by atoms with van der Waals surface area (Å²) in [6.45, 7) is 1.86. The second-order valence-electron chi connectivity index (χ2n) is 3.43. The van der Waals surface area contributed by atoms with Crippen molar-refractivity contribution >= 4 is 38.8 Å². The maximum absolute atomic E-state index is 11.2. The van der Waals surface area contributed by atoms with Gasteiger partial charge in [-0.15, -0.1) is 10.2 Å². The molecular weight excluding hydrogens is 292 g/mol. The van der Waals surface area contributed by atoms with E-state index in [9.17, 15) is 8.42 Å². The van der Waals surface area contributed by atoms with Gasteiger partial charge in [-0.2, -0.15) is 0 Å². The third-order valence-electron chi connectivity index (χ3n) is 2.01. The summed E-state index contributed by atoms with van der Waals surface area (Å²) in [5, 5.41) is 13.7. The molecule has 4 N–H and O–H groups in total. The first-order valence-electron chi connectivity index (χ1n) is 4.76. The number of benzene rings is 1. The van der Waals surface area contributed by atoms with E-state index in [0.29, 0.717) is 5.69 Å². The van der Waals surface area contributed by atoms with Crippen molar-refractivity contribution in [2.45, 2.75) is 21.1 Å². The van der Waals surface area contributed by atoms with Crippen molar-refractivity contribution in [3.63, 3.8) is 0 Å². The van der Waals surface area contributed by atoms with Crippen LogP contribution in [-0.4, -0.2) is 18.6 Å². The number of aryl methyl sites for hydroxylation is 1. The third kappa shape index (κ3) is 2.99. The standard InChI is InChI=1S/C9H10N4O2S3/c1-5-12-13-9(16-5)17-8-3-2-6(4-7(8)10)18(11,14)15/h2-4H,10H2,1H3,(H2,11,14,15). The van der Waals surface area contributed by atoms with Gasteiger partial charge in [-0.05, 0) is 25.1 Å². The minimum Gasteiger partial charge on any atom is -0.398 e. The van der Waals surface area contributed by atoms with Crippen LogP contribution >= 0.6 is 23.1 Å². The molecule has 1 aromatic carbocycles. The highest BCUT2D eigenvalue weighted by molar-refractivity contribution is 8.01. The van der Waals surface area contributed by atoms with Crippen molar-refractivity contribution in [2.24, 2.45) is 5.14 Å². The quantitative estimate of drug-likeness (QED) is 0.825. The highest BCUT2D eigenvalue weighted by atomic mass is 32.2. The van der Waals surface area contributed by atoms with Gasteiger partial charge in [0, 0.05) is 10.6 Å². The van der Waals surface area contributed by atoms with Crippen molar-refractivity contribution in [1.82, 2.24) is 10.2 Å². The Labute approximate surface area is 112 Å². The van der Waals surface area contributed by atoms with Gasteiger partial charge in [0.15, 0.2) is 4.34 Å². The summed E-state index contributed by atoms with van der Waals surface area (Å²) in [5.74, 6) is 0. The van der Waals surface area contributed by atoms with Gasteiger partial charge in [0.2, 0.25) is 10.0 Å². The van der Waals surface area contributed by atoms with Gasteiger partial charge in [0.1, 0.15) is 5.01 Å². The molecule has 0 aliphatic heterocycles. The van der Waals surface area contributed by atoms with Crippen LogP contribution in [0, 0.1) is 6.92 Å². The first-order valence-corrected chi connectivity index (χ1v) is 7.94. The van der Waals surface area contributed by atoms with Gasteiger partial charge in [-0.1, -0.05) is 23.1 Å². The molecule has 2 rings (SSSR count). The molecule has 0 atom stereocenters. The normalized spacial score (nSPS) is 11.7. The van der Waals surface area contributed by atoms with Gasteiger partial charge in [-0.25, -0.2) is 13.6 Å². The maximum atomic E-state index is 11.2. The molecule has 1 heterocycles. The lowest BCUT2D eigenvalue weighted by molar-refractivity contribution is 0.598. The van der Waals surface area contributed by atoms with E-state index in [-0.39, 0.29) is 4.90 Å². The molecule has 0 radical (unpaired) electrons. The second-order valence-corrected chi connectivity index (χ2v) is 7.47. The van der Waals surface area contributed by atoms with Crippen LogP contribution in [0.4, 0.5) is 5.69 Å². The minimum absolute atomic E-state index is 0.00204.